The third-order valence-electron chi connectivity index (χ3n) is 8.21. The molecule has 2 fully saturated rings. The molecule has 12 heteroatoms. The molecule has 5 rings (SSSR count). The molecule has 12 nitrogen and oxygen atoms in total. The van der Waals surface area contributed by atoms with E-state index in [1.165, 1.54) is 0 Å². The molecule has 2 aliphatic heterocycles. The van der Waals surface area contributed by atoms with Gasteiger partial charge in [-0.25, -0.2) is 14.6 Å². The fraction of sp³-hybridized carbons (Fsp3) is 0.406. The Balaban J connectivity index is 1.18. The number of amides is 5. The molecule has 6 N–H and O–H groups in total. The summed E-state index contributed by atoms with van der Waals surface area (Å²) in [6, 6.07) is 14.1. The minimum atomic E-state index is -1.21. The molecule has 0 saturated carbocycles. The highest BCUT2D eigenvalue weighted by Gasteiger charge is 2.37. The predicted molar refractivity (Wildman–Crippen MR) is 164 cm³/mol. The summed E-state index contributed by atoms with van der Waals surface area (Å²) in [6.07, 6.45) is 3.78. The first-order chi connectivity index (χ1) is 21.2. The zero-order valence-corrected chi connectivity index (χ0v) is 24.9. The number of imidazole rings is 1. The second-order valence-corrected chi connectivity index (χ2v) is 11.6. The standard InChI is InChI=1S/C32H39N7O5/c1-19(2)27(37-32(43)44)30(41)39-16-4-6-26(39)28-34-18-25(36-28)23-13-11-22(12-14-23)21-9-7-20(8-10-21)17-35-31(42)38-29(40)24-5-3-15-33-24/h7-14,18-19,24,26-27,33,37H,3-6,15-17H2,1-2H3,(H,34,36)(H,43,44)(H2,35,38,40,42)/t24?,26-,27-/m0/s1. The number of hydrogen-bond acceptors (Lipinski definition) is 6. The molecule has 1 unspecified atom stereocenters. The van der Waals surface area contributed by atoms with Gasteiger partial charge in [-0.15, -0.1) is 0 Å². The normalized spacial score (nSPS) is 18.7. The third-order valence-corrected chi connectivity index (χ3v) is 8.21. The van der Waals surface area contributed by atoms with Gasteiger partial charge < -0.3 is 30.9 Å². The lowest BCUT2D eigenvalue weighted by Crippen LogP contribution is -2.50. The fourth-order valence-electron chi connectivity index (χ4n) is 5.78. The maximum Gasteiger partial charge on any atom is 0.405 e. The molecule has 2 aromatic carbocycles. The van der Waals surface area contributed by atoms with E-state index in [2.05, 4.69) is 31.2 Å². The van der Waals surface area contributed by atoms with Crippen molar-refractivity contribution in [1.82, 2.24) is 36.1 Å². The molecular weight excluding hydrogens is 562 g/mol. The molecule has 1 aromatic heterocycles. The largest absolute Gasteiger partial charge is 0.465 e. The van der Waals surface area contributed by atoms with E-state index in [1.807, 2.05) is 62.4 Å². The Morgan fingerprint density at radius 2 is 1.66 bits per heavy atom. The molecule has 44 heavy (non-hydrogen) atoms. The van der Waals surface area contributed by atoms with Crippen molar-refractivity contribution in [1.29, 1.82) is 0 Å². The van der Waals surface area contributed by atoms with Crippen LogP contribution in [0.4, 0.5) is 9.59 Å². The minimum Gasteiger partial charge on any atom is -0.465 e. The molecule has 3 heterocycles. The van der Waals surface area contributed by atoms with Gasteiger partial charge in [-0.3, -0.25) is 14.9 Å². The number of imide groups is 1. The molecule has 232 valence electrons. The van der Waals surface area contributed by atoms with Crippen LogP contribution in [-0.4, -0.2) is 69.1 Å². The van der Waals surface area contributed by atoms with Crippen LogP contribution in [0.2, 0.25) is 0 Å². The Kier molecular flexibility index (Phi) is 9.59. The molecule has 3 atom stereocenters. The van der Waals surface area contributed by atoms with E-state index in [1.54, 1.807) is 11.1 Å². The molecule has 5 amide bonds. The van der Waals surface area contributed by atoms with Gasteiger partial charge >= 0.3 is 12.1 Å². The van der Waals surface area contributed by atoms with Crippen molar-refractivity contribution in [3.05, 3.63) is 66.1 Å². The van der Waals surface area contributed by atoms with Crippen molar-refractivity contribution in [2.45, 2.75) is 64.2 Å². The number of rotatable bonds is 9. The number of hydrogen-bond donors (Lipinski definition) is 6. The lowest BCUT2D eigenvalue weighted by Gasteiger charge is -2.29. The second kappa shape index (κ2) is 13.7. The van der Waals surface area contributed by atoms with Crippen molar-refractivity contribution in [2.75, 3.05) is 13.1 Å². The van der Waals surface area contributed by atoms with Gasteiger partial charge in [-0.05, 0) is 60.4 Å². The van der Waals surface area contributed by atoms with Gasteiger partial charge in [-0.1, -0.05) is 62.4 Å². The number of carbonyl (C=O) groups is 4. The van der Waals surface area contributed by atoms with E-state index >= 15 is 0 Å². The molecule has 0 radical (unpaired) electrons. The summed E-state index contributed by atoms with van der Waals surface area (Å²) in [4.78, 5) is 58.4. The van der Waals surface area contributed by atoms with Crippen LogP contribution in [0.1, 0.15) is 57.0 Å². The van der Waals surface area contributed by atoms with Crippen LogP contribution in [-0.2, 0) is 16.1 Å². The smallest absolute Gasteiger partial charge is 0.405 e. The molecule has 0 bridgehead atoms. The molecule has 2 aliphatic rings. The highest BCUT2D eigenvalue weighted by Crippen LogP contribution is 2.33. The van der Waals surface area contributed by atoms with Crippen LogP contribution >= 0.6 is 0 Å². The summed E-state index contributed by atoms with van der Waals surface area (Å²) in [5.74, 6) is -0.0266. The molecule has 3 aromatic rings. The van der Waals surface area contributed by atoms with E-state index in [-0.39, 0.29) is 29.8 Å². The Morgan fingerprint density at radius 1 is 0.977 bits per heavy atom. The second-order valence-electron chi connectivity index (χ2n) is 11.6. The van der Waals surface area contributed by atoms with Gasteiger partial charge in [0.2, 0.25) is 11.8 Å². The van der Waals surface area contributed by atoms with Gasteiger partial charge in [0, 0.05) is 13.1 Å². The van der Waals surface area contributed by atoms with E-state index < -0.39 is 18.2 Å². The van der Waals surface area contributed by atoms with Crippen molar-refractivity contribution in [3.63, 3.8) is 0 Å². The highest BCUT2D eigenvalue weighted by atomic mass is 16.4. The van der Waals surface area contributed by atoms with Crippen LogP contribution in [0.25, 0.3) is 22.4 Å². The molecule has 0 aliphatic carbocycles. The number of carbonyl (C=O) groups excluding carboxylic acids is 3. The maximum absolute atomic E-state index is 13.2. The molecule has 2 saturated heterocycles. The van der Waals surface area contributed by atoms with E-state index in [9.17, 15) is 24.3 Å². The Morgan fingerprint density at radius 3 is 2.30 bits per heavy atom. The van der Waals surface area contributed by atoms with Crippen LogP contribution in [0.3, 0.4) is 0 Å². The number of nitrogens with zero attached hydrogens (tertiary/aromatic N) is 2. The number of nitrogens with one attached hydrogen (secondary N) is 5. The first-order valence-corrected chi connectivity index (χ1v) is 15.1. The lowest BCUT2D eigenvalue weighted by molar-refractivity contribution is -0.135. The molecular formula is C32H39N7O5. The Labute approximate surface area is 256 Å². The van der Waals surface area contributed by atoms with Crippen LogP contribution in [0.15, 0.2) is 54.7 Å². The maximum atomic E-state index is 13.2. The Bertz CT molecular complexity index is 1480. The summed E-state index contributed by atoms with van der Waals surface area (Å²) < 4.78 is 0. The van der Waals surface area contributed by atoms with Gasteiger partial charge in [0.1, 0.15) is 11.9 Å². The van der Waals surface area contributed by atoms with Gasteiger partial charge in [0.25, 0.3) is 0 Å². The predicted octanol–water partition coefficient (Wildman–Crippen LogP) is 3.78. The van der Waals surface area contributed by atoms with Crippen LogP contribution in [0.5, 0.6) is 0 Å². The third kappa shape index (κ3) is 7.25. The summed E-state index contributed by atoms with van der Waals surface area (Å²) >= 11 is 0. The van der Waals surface area contributed by atoms with Gasteiger partial charge in [0.15, 0.2) is 0 Å². The summed E-state index contributed by atoms with van der Waals surface area (Å²) in [5, 5.41) is 19.8. The van der Waals surface area contributed by atoms with Crippen LogP contribution in [0, 0.1) is 5.92 Å². The zero-order chi connectivity index (χ0) is 31.2. The number of aromatic nitrogens is 2. The van der Waals surface area contributed by atoms with Crippen molar-refractivity contribution >= 4 is 23.9 Å². The first-order valence-electron chi connectivity index (χ1n) is 15.1. The van der Waals surface area contributed by atoms with E-state index in [4.69, 9.17) is 0 Å². The number of urea groups is 1. The lowest BCUT2D eigenvalue weighted by atomic mass is 10.0. The highest BCUT2D eigenvalue weighted by molar-refractivity contribution is 5.97. The van der Waals surface area contributed by atoms with Crippen molar-refractivity contribution < 1.29 is 24.3 Å². The molecule has 0 spiro atoms. The summed E-state index contributed by atoms with van der Waals surface area (Å²) in [7, 11) is 0. The van der Waals surface area contributed by atoms with Gasteiger partial charge in [0.05, 0.1) is 24.0 Å². The fourth-order valence-corrected chi connectivity index (χ4v) is 5.78. The quantitative estimate of drug-likeness (QED) is 0.217. The average Bonchev–Trinajstić information content (AvgIpc) is 3.81. The van der Waals surface area contributed by atoms with E-state index in [0.717, 1.165) is 60.2 Å². The number of benzene rings is 2. The van der Waals surface area contributed by atoms with Crippen molar-refractivity contribution in [3.8, 4) is 22.4 Å². The average molecular weight is 602 g/mol. The number of carboxylic acid groups (broad SMARTS) is 1. The summed E-state index contributed by atoms with van der Waals surface area (Å²) in [5.41, 5.74) is 4.74. The first kappa shape index (κ1) is 30.7. The number of H-pyrrole nitrogens is 1. The summed E-state index contributed by atoms with van der Waals surface area (Å²) in [6.45, 7) is 5.30. The topological polar surface area (TPSA) is 169 Å². The van der Waals surface area contributed by atoms with Crippen molar-refractivity contribution in [2.24, 2.45) is 5.92 Å². The Hall–Kier alpha value is -4.71. The van der Waals surface area contributed by atoms with Crippen LogP contribution < -0.4 is 21.3 Å². The number of likely N-dealkylation sites (tertiary alicyclic amines) is 1. The monoisotopic (exact) mass is 601 g/mol. The van der Waals surface area contributed by atoms with E-state index in [0.29, 0.717) is 18.9 Å². The minimum absolute atomic E-state index is 0.180. The number of aromatic amines is 1. The zero-order valence-electron chi connectivity index (χ0n) is 24.9. The SMILES string of the molecule is CC(C)[C@H](NC(=O)O)C(=O)N1CCC[C@H]1c1ncc(-c2ccc(-c3ccc(CNC(=O)NC(=O)C4CCCN4)cc3)cc2)[nH]1. The van der Waals surface area contributed by atoms with Gasteiger partial charge in [-0.2, -0.15) is 0 Å².